The van der Waals surface area contributed by atoms with Gasteiger partial charge >= 0.3 is 5.97 Å². The van der Waals surface area contributed by atoms with E-state index in [1.165, 1.54) is 0 Å². The van der Waals surface area contributed by atoms with E-state index in [0.29, 0.717) is 23.5 Å². The summed E-state index contributed by atoms with van der Waals surface area (Å²) in [7, 11) is 0. The molecule has 5 heteroatoms. The summed E-state index contributed by atoms with van der Waals surface area (Å²) >= 11 is 0. The Bertz CT molecular complexity index is 639. The average molecular weight is 291 g/mol. The Morgan fingerprint density at radius 1 is 1.38 bits per heavy atom. The summed E-state index contributed by atoms with van der Waals surface area (Å²) in [6.45, 7) is 6.42. The largest absolute Gasteiger partial charge is 0.481 e. The first-order valence-electron chi connectivity index (χ1n) is 6.92. The molecule has 0 saturated carbocycles. The number of carboxylic acids is 1. The zero-order valence-electron chi connectivity index (χ0n) is 12.5. The second-order valence-electron chi connectivity index (χ2n) is 6.20. The SMILES string of the molecule is CC(C)(C)NCC(O)c1cc2cccc(CC(=O)O)c2o1. The second kappa shape index (κ2) is 5.87. The normalized spacial score (nSPS) is 13.5. The number of benzene rings is 1. The van der Waals surface area contributed by atoms with E-state index < -0.39 is 12.1 Å². The Kier molecular flexibility index (Phi) is 4.34. The highest BCUT2D eigenvalue weighted by molar-refractivity contribution is 5.85. The molecule has 0 bridgehead atoms. The maximum atomic E-state index is 10.9. The number of hydrogen-bond donors (Lipinski definition) is 3. The average Bonchev–Trinajstić information content (AvgIpc) is 2.79. The molecule has 2 aromatic rings. The van der Waals surface area contributed by atoms with Crippen LogP contribution in [-0.2, 0) is 11.2 Å². The Labute approximate surface area is 123 Å². The van der Waals surface area contributed by atoms with E-state index in [1.807, 2.05) is 26.8 Å². The van der Waals surface area contributed by atoms with Crippen molar-refractivity contribution in [2.24, 2.45) is 0 Å². The molecule has 2 rings (SSSR count). The Morgan fingerprint density at radius 2 is 2.10 bits per heavy atom. The predicted molar refractivity (Wildman–Crippen MR) is 80.3 cm³/mol. The molecule has 21 heavy (non-hydrogen) atoms. The lowest BCUT2D eigenvalue weighted by Gasteiger charge is -2.22. The van der Waals surface area contributed by atoms with Crippen LogP contribution in [0.2, 0.25) is 0 Å². The highest BCUT2D eigenvalue weighted by Crippen LogP contribution is 2.27. The van der Waals surface area contributed by atoms with E-state index in [2.05, 4.69) is 5.32 Å². The van der Waals surface area contributed by atoms with Crippen molar-refractivity contribution in [3.05, 3.63) is 35.6 Å². The first-order valence-corrected chi connectivity index (χ1v) is 6.92. The molecule has 1 heterocycles. The molecule has 1 aromatic heterocycles. The van der Waals surface area contributed by atoms with Crippen molar-refractivity contribution < 1.29 is 19.4 Å². The van der Waals surface area contributed by atoms with E-state index >= 15 is 0 Å². The third kappa shape index (κ3) is 4.06. The molecular weight excluding hydrogens is 270 g/mol. The van der Waals surface area contributed by atoms with Crippen molar-refractivity contribution in [3.63, 3.8) is 0 Å². The highest BCUT2D eigenvalue weighted by Gasteiger charge is 2.18. The first-order chi connectivity index (χ1) is 9.76. The van der Waals surface area contributed by atoms with Crippen LogP contribution in [0.5, 0.6) is 0 Å². The monoisotopic (exact) mass is 291 g/mol. The lowest BCUT2D eigenvalue weighted by molar-refractivity contribution is -0.136. The fourth-order valence-electron chi connectivity index (χ4n) is 2.11. The van der Waals surface area contributed by atoms with Gasteiger partial charge in [-0.25, -0.2) is 0 Å². The van der Waals surface area contributed by atoms with Gasteiger partial charge in [-0.15, -0.1) is 0 Å². The number of aliphatic hydroxyl groups excluding tert-OH is 1. The summed E-state index contributed by atoms with van der Waals surface area (Å²) in [6.07, 6.45) is -0.866. The van der Waals surface area contributed by atoms with Gasteiger partial charge < -0.3 is 19.9 Å². The third-order valence-electron chi connectivity index (χ3n) is 3.14. The van der Waals surface area contributed by atoms with Gasteiger partial charge in [-0.1, -0.05) is 18.2 Å². The van der Waals surface area contributed by atoms with E-state index in [9.17, 15) is 9.90 Å². The molecule has 1 unspecified atom stereocenters. The maximum Gasteiger partial charge on any atom is 0.307 e. The van der Waals surface area contributed by atoms with Crippen molar-refractivity contribution in [2.45, 2.75) is 38.8 Å². The minimum Gasteiger partial charge on any atom is -0.481 e. The number of carbonyl (C=O) groups is 1. The van der Waals surface area contributed by atoms with Gasteiger partial charge in [0.1, 0.15) is 17.4 Å². The molecule has 0 aliphatic heterocycles. The van der Waals surface area contributed by atoms with Crippen molar-refractivity contribution in [2.75, 3.05) is 6.54 Å². The Balaban J connectivity index is 2.24. The van der Waals surface area contributed by atoms with Gasteiger partial charge in [-0.05, 0) is 26.8 Å². The number of hydrogen-bond acceptors (Lipinski definition) is 4. The number of fused-ring (bicyclic) bond motifs is 1. The van der Waals surface area contributed by atoms with Crippen LogP contribution in [0, 0.1) is 0 Å². The van der Waals surface area contributed by atoms with Gasteiger partial charge in [0, 0.05) is 23.0 Å². The van der Waals surface area contributed by atoms with Gasteiger partial charge in [0.05, 0.1) is 6.42 Å². The molecule has 0 amide bonds. The number of aliphatic hydroxyl groups is 1. The molecule has 0 aliphatic carbocycles. The van der Waals surface area contributed by atoms with Gasteiger partial charge in [0.25, 0.3) is 0 Å². The molecular formula is C16H21NO4. The summed E-state index contributed by atoms with van der Waals surface area (Å²) in [5.41, 5.74) is 1.05. The highest BCUT2D eigenvalue weighted by atomic mass is 16.4. The molecule has 114 valence electrons. The number of para-hydroxylation sites is 1. The van der Waals surface area contributed by atoms with Crippen LogP contribution in [0.25, 0.3) is 11.0 Å². The molecule has 3 N–H and O–H groups in total. The number of aliphatic carboxylic acids is 1. The van der Waals surface area contributed by atoms with Crippen LogP contribution in [0.4, 0.5) is 0 Å². The summed E-state index contributed by atoms with van der Waals surface area (Å²) in [6, 6.07) is 7.12. The van der Waals surface area contributed by atoms with E-state index in [-0.39, 0.29) is 12.0 Å². The molecule has 1 atom stereocenters. The van der Waals surface area contributed by atoms with Crippen molar-refractivity contribution in [1.29, 1.82) is 0 Å². The number of carboxylic acid groups (broad SMARTS) is 1. The van der Waals surface area contributed by atoms with Gasteiger partial charge in [-0.2, -0.15) is 0 Å². The molecule has 1 aromatic carbocycles. The Morgan fingerprint density at radius 3 is 2.71 bits per heavy atom. The summed E-state index contributed by atoms with van der Waals surface area (Å²) in [5.74, 6) is -0.463. The van der Waals surface area contributed by atoms with Gasteiger partial charge in [0.15, 0.2) is 0 Å². The zero-order chi connectivity index (χ0) is 15.6. The third-order valence-corrected chi connectivity index (χ3v) is 3.14. The number of rotatable bonds is 5. The van der Waals surface area contributed by atoms with Gasteiger partial charge in [-0.3, -0.25) is 4.79 Å². The lowest BCUT2D eigenvalue weighted by Crippen LogP contribution is -2.38. The van der Waals surface area contributed by atoms with Gasteiger partial charge in [0.2, 0.25) is 0 Å². The predicted octanol–water partition coefficient (Wildman–Crippen LogP) is 2.48. The summed E-state index contributed by atoms with van der Waals surface area (Å²) in [4.78, 5) is 10.9. The summed E-state index contributed by atoms with van der Waals surface area (Å²) < 4.78 is 5.67. The topological polar surface area (TPSA) is 82.7 Å². The Hall–Kier alpha value is -1.85. The lowest BCUT2D eigenvalue weighted by atomic mass is 10.1. The van der Waals surface area contributed by atoms with E-state index in [0.717, 1.165) is 5.39 Å². The van der Waals surface area contributed by atoms with Crippen molar-refractivity contribution in [3.8, 4) is 0 Å². The second-order valence-corrected chi connectivity index (χ2v) is 6.20. The smallest absolute Gasteiger partial charge is 0.307 e. The number of β-amino-alcohol motifs (C(OH)–C–C–N with tert-alkyl or cyclic N) is 1. The number of furan rings is 1. The fraction of sp³-hybridized carbons (Fsp3) is 0.438. The summed E-state index contributed by atoms with van der Waals surface area (Å²) in [5, 5.41) is 23.1. The molecule has 0 aliphatic rings. The van der Waals surface area contributed by atoms with Crippen LogP contribution >= 0.6 is 0 Å². The minimum absolute atomic E-state index is 0.0958. The zero-order valence-corrected chi connectivity index (χ0v) is 12.5. The van der Waals surface area contributed by atoms with E-state index in [4.69, 9.17) is 9.52 Å². The van der Waals surface area contributed by atoms with Crippen LogP contribution < -0.4 is 5.32 Å². The molecule has 0 spiro atoms. The van der Waals surface area contributed by atoms with Crippen LogP contribution in [0.1, 0.15) is 38.2 Å². The molecule has 0 saturated heterocycles. The maximum absolute atomic E-state index is 10.9. The molecule has 0 fully saturated rings. The van der Waals surface area contributed by atoms with Crippen LogP contribution in [0.15, 0.2) is 28.7 Å². The quantitative estimate of drug-likeness (QED) is 0.788. The fourth-order valence-corrected chi connectivity index (χ4v) is 2.11. The van der Waals surface area contributed by atoms with Crippen LogP contribution in [0.3, 0.4) is 0 Å². The standard InChI is InChI=1S/C16H21NO4/c1-16(2,3)17-9-12(18)13-7-10-5-4-6-11(8-14(19)20)15(10)21-13/h4-7,12,17-18H,8-9H2,1-3H3,(H,19,20). The van der Waals surface area contributed by atoms with Crippen LogP contribution in [-0.4, -0.2) is 28.3 Å². The molecule has 5 nitrogen and oxygen atoms in total. The van der Waals surface area contributed by atoms with E-state index in [1.54, 1.807) is 18.2 Å². The van der Waals surface area contributed by atoms with Crippen molar-refractivity contribution >= 4 is 16.9 Å². The number of nitrogens with one attached hydrogen (secondary N) is 1. The minimum atomic E-state index is -0.907. The van der Waals surface area contributed by atoms with Crippen molar-refractivity contribution in [1.82, 2.24) is 5.32 Å². The first kappa shape index (κ1) is 15.5. The molecule has 0 radical (unpaired) electrons.